The van der Waals surface area contributed by atoms with Gasteiger partial charge in [-0.1, -0.05) is 23.4 Å². The van der Waals surface area contributed by atoms with E-state index in [4.69, 9.17) is 16.3 Å². The van der Waals surface area contributed by atoms with Crippen molar-refractivity contribution >= 4 is 29.3 Å². The first-order valence-corrected chi connectivity index (χ1v) is 7.31. The van der Waals surface area contributed by atoms with E-state index in [1.807, 2.05) is 0 Å². The smallest absolute Gasteiger partial charge is 0.318 e. The third kappa shape index (κ3) is 3.68. The molecule has 0 bridgehead atoms. The molecule has 0 saturated carbocycles. The summed E-state index contributed by atoms with van der Waals surface area (Å²) in [5, 5.41) is 7.52. The molecule has 0 fully saturated rings. The molecule has 0 saturated heterocycles. The van der Waals surface area contributed by atoms with Crippen LogP contribution in [0.4, 0.5) is 0 Å². The standard InChI is InChI=1S/C13H14ClN3O3S/c1-7(12(18)20-3)21-13-15-11(16-17-13)9-6-8(14)4-5-10(9)19-2/h4-7H,1-3H3,(H,15,16,17). The van der Waals surface area contributed by atoms with Crippen LogP contribution in [-0.2, 0) is 9.53 Å². The average molecular weight is 328 g/mol. The fraction of sp³-hybridized carbons (Fsp3) is 0.308. The highest BCUT2D eigenvalue weighted by Crippen LogP contribution is 2.31. The Bertz CT molecular complexity index is 647. The zero-order valence-electron chi connectivity index (χ0n) is 11.7. The Hall–Kier alpha value is -1.73. The van der Waals surface area contributed by atoms with Crippen molar-refractivity contribution in [2.45, 2.75) is 17.3 Å². The fourth-order valence-electron chi connectivity index (χ4n) is 1.66. The predicted molar refractivity (Wildman–Crippen MR) is 80.7 cm³/mol. The maximum atomic E-state index is 11.4. The third-order valence-electron chi connectivity index (χ3n) is 2.70. The minimum Gasteiger partial charge on any atom is -0.496 e. The van der Waals surface area contributed by atoms with E-state index < -0.39 is 0 Å². The predicted octanol–water partition coefficient (Wildman–Crippen LogP) is 2.79. The van der Waals surface area contributed by atoms with Crippen LogP contribution in [0, 0.1) is 0 Å². The summed E-state index contributed by atoms with van der Waals surface area (Å²) in [6.07, 6.45) is 0. The number of aromatic amines is 1. The Kier molecular flexibility index (Phi) is 5.08. The maximum absolute atomic E-state index is 11.4. The van der Waals surface area contributed by atoms with Crippen molar-refractivity contribution in [2.24, 2.45) is 0 Å². The second-order valence-electron chi connectivity index (χ2n) is 4.09. The number of ether oxygens (including phenoxy) is 2. The van der Waals surface area contributed by atoms with Gasteiger partial charge in [-0.15, -0.1) is 5.10 Å². The lowest BCUT2D eigenvalue weighted by atomic mass is 10.2. The highest BCUT2D eigenvalue weighted by molar-refractivity contribution is 8.00. The molecule has 0 aliphatic carbocycles. The number of halogens is 1. The van der Waals surface area contributed by atoms with Gasteiger partial charge >= 0.3 is 5.97 Å². The topological polar surface area (TPSA) is 77.1 Å². The first-order valence-electron chi connectivity index (χ1n) is 6.06. The second kappa shape index (κ2) is 6.82. The zero-order chi connectivity index (χ0) is 15.4. The number of esters is 1. The van der Waals surface area contributed by atoms with Crippen molar-refractivity contribution in [3.8, 4) is 17.1 Å². The van der Waals surface area contributed by atoms with Crippen LogP contribution < -0.4 is 4.74 Å². The third-order valence-corrected chi connectivity index (χ3v) is 3.87. The molecule has 1 atom stereocenters. The van der Waals surface area contributed by atoms with E-state index in [0.29, 0.717) is 27.3 Å². The molecular formula is C13H14ClN3O3S. The highest BCUT2D eigenvalue weighted by Gasteiger charge is 2.18. The van der Waals surface area contributed by atoms with E-state index in [1.165, 1.54) is 18.9 Å². The summed E-state index contributed by atoms with van der Waals surface area (Å²) in [7, 11) is 2.91. The molecular weight excluding hydrogens is 314 g/mol. The Morgan fingerprint density at radius 3 is 2.86 bits per heavy atom. The normalized spacial score (nSPS) is 12.0. The molecule has 0 amide bonds. The Morgan fingerprint density at radius 1 is 1.43 bits per heavy atom. The largest absolute Gasteiger partial charge is 0.496 e. The zero-order valence-corrected chi connectivity index (χ0v) is 13.3. The molecule has 2 rings (SSSR count). The number of nitrogens with zero attached hydrogens (tertiary/aromatic N) is 2. The number of H-pyrrole nitrogens is 1. The van der Waals surface area contributed by atoms with Crippen molar-refractivity contribution in [1.82, 2.24) is 15.2 Å². The van der Waals surface area contributed by atoms with E-state index in [-0.39, 0.29) is 11.2 Å². The molecule has 8 heteroatoms. The van der Waals surface area contributed by atoms with E-state index in [0.717, 1.165) is 0 Å². The molecule has 1 aromatic heterocycles. The monoisotopic (exact) mass is 327 g/mol. The van der Waals surface area contributed by atoms with Crippen molar-refractivity contribution in [2.75, 3.05) is 14.2 Å². The Balaban J connectivity index is 2.24. The van der Waals surface area contributed by atoms with Gasteiger partial charge in [0.15, 0.2) is 5.82 Å². The van der Waals surface area contributed by atoms with E-state index >= 15 is 0 Å². The van der Waals surface area contributed by atoms with Gasteiger partial charge in [-0.2, -0.15) is 0 Å². The number of nitrogens with one attached hydrogen (secondary N) is 1. The van der Waals surface area contributed by atoms with Gasteiger partial charge in [0.1, 0.15) is 11.0 Å². The second-order valence-corrected chi connectivity index (χ2v) is 5.84. The molecule has 1 heterocycles. The summed E-state index contributed by atoms with van der Waals surface area (Å²) in [5.41, 5.74) is 0.704. The number of benzene rings is 1. The molecule has 1 N–H and O–H groups in total. The number of carbonyl (C=O) groups is 1. The molecule has 0 aliphatic rings. The van der Waals surface area contributed by atoms with Crippen LogP contribution in [0.1, 0.15) is 6.92 Å². The molecule has 2 aromatic rings. The van der Waals surface area contributed by atoms with Gasteiger partial charge in [-0.25, -0.2) is 4.98 Å². The minimum atomic E-state index is -0.389. The van der Waals surface area contributed by atoms with Gasteiger partial charge in [0, 0.05) is 5.02 Å². The first-order chi connectivity index (χ1) is 10.0. The van der Waals surface area contributed by atoms with Crippen LogP contribution in [-0.4, -0.2) is 40.6 Å². The van der Waals surface area contributed by atoms with Crippen molar-refractivity contribution < 1.29 is 14.3 Å². The molecule has 6 nitrogen and oxygen atoms in total. The lowest BCUT2D eigenvalue weighted by Crippen LogP contribution is -2.14. The number of rotatable bonds is 5. The molecule has 1 unspecified atom stereocenters. The van der Waals surface area contributed by atoms with Gasteiger partial charge in [-0.05, 0) is 25.1 Å². The van der Waals surface area contributed by atoms with Crippen molar-refractivity contribution in [3.63, 3.8) is 0 Å². The van der Waals surface area contributed by atoms with Crippen LogP contribution >= 0.6 is 23.4 Å². The first kappa shape index (κ1) is 15.7. The summed E-state index contributed by atoms with van der Waals surface area (Å²) in [5.74, 6) is 0.828. The molecule has 1 aromatic carbocycles. The van der Waals surface area contributed by atoms with E-state index in [1.54, 1.807) is 32.2 Å². The number of hydrogen-bond acceptors (Lipinski definition) is 6. The quantitative estimate of drug-likeness (QED) is 0.672. The van der Waals surface area contributed by atoms with Gasteiger partial charge in [-0.3, -0.25) is 9.89 Å². The highest BCUT2D eigenvalue weighted by atomic mass is 35.5. The lowest BCUT2D eigenvalue weighted by Gasteiger charge is -2.06. The Labute approximate surface area is 131 Å². The molecule has 0 radical (unpaired) electrons. The summed E-state index contributed by atoms with van der Waals surface area (Å²) in [6, 6.07) is 5.22. The molecule has 0 aliphatic heterocycles. The number of hydrogen-bond donors (Lipinski definition) is 1. The maximum Gasteiger partial charge on any atom is 0.318 e. The van der Waals surface area contributed by atoms with Crippen molar-refractivity contribution in [3.05, 3.63) is 23.2 Å². The van der Waals surface area contributed by atoms with Gasteiger partial charge in [0.25, 0.3) is 0 Å². The molecule has 21 heavy (non-hydrogen) atoms. The van der Waals surface area contributed by atoms with Crippen molar-refractivity contribution in [1.29, 1.82) is 0 Å². The number of methoxy groups -OCH3 is 2. The fourth-order valence-corrected chi connectivity index (χ4v) is 2.58. The van der Waals surface area contributed by atoms with Gasteiger partial charge in [0.05, 0.1) is 19.8 Å². The van der Waals surface area contributed by atoms with Crippen LogP contribution in [0.25, 0.3) is 11.4 Å². The number of carbonyl (C=O) groups excluding carboxylic acids is 1. The Morgan fingerprint density at radius 2 is 2.19 bits per heavy atom. The molecule has 112 valence electrons. The van der Waals surface area contributed by atoms with Crippen LogP contribution in [0.5, 0.6) is 5.75 Å². The van der Waals surface area contributed by atoms with E-state index in [2.05, 4.69) is 19.9 Å². The van der Waals surface area contributed by atoms with Gasteiger partial charge in [0.2, 0.25) is 5.16 Å². The summed E-state index contributed by atoms with van der Waals surface area (Å²) < 4.78 is 9.94. The summed E-state index contributed by atoms with van der Waals surface area (Å²) >= 11 is 7.20. The minimum absolute atomic E-state index is 0.327. The summed E-state index contributed by atoms with van der Waals surface area (Å²) in [4.78, 5) is 15.7. The number of thioether (sulfide) groups is 1. The molecule has 0 spiro atoms. The van der Waals surface area contributed by atoms with Crippen LogP contribution in [0.2, 0.25) is 5.02 Å². The lowest BCUT2D eigenvalue weighted by molar-refractivity contribution is -0.139. The van der Waals surface area contributed by atoms with Crippen LogP contribution in [0.3, 0.4) is 0 Å². The van der Waals surface area contributed by atoms with Gasteiger partial charge < -0.3 is 9.47 Å². The average Bonchev–Trinajstić information content (AvgIpc) is 2.94. The van der Waals surface area contributed by atoms with E-state index in [9.17, 15) is 4.79 Å². The summed E-state index contributed by atoms with van der Waals surface area (Å²) in [6.45, 7) is 1.73. The SMILES string of the molecule is COC(=O)C(C)Sc1n[nH]c(-c2cc(Cl)ccc2OC)n1. The number of aromatic nitrogens is 3. The van der Waals surface area contributed by atoms with Crippen LogP contribution in [0.15, 0.2) is 23.4 Å².